The third kappa shape index (κ3) is 2.80. The minimum atomic E-state index is 0.124. The second kappa shape index (κ2) is 6.30. The standard InChI is InChI=1S/C24H23N3Se/c1-14-20(19-13-16-7-5-6-8-18(16)21(19)25-14)23-27-26-22(28-23)15-9-11-17(12-10-15)24(2,3)4/h5-12,25H,13H2,1-4H3. The molecule has 2 aromatic carbocycles. The summed E-state index contributed by atoms with van der Waals surface area (Å²) in [6, 6.07) is 17.5. The number of nitrogens with zero attached hydrogens (tertiary/aromatic N) is 2. The fourth-order valence-electron chi connectivity index (χ4n) is 4.04. The van der Waals surface area contributed by atoms with Crippen LogP contribution in [0, 0.1) is 6.92 Å². The first-order chi connectivity index (χ1) is 13.4. The van der Waals surface area contributed by atoms with Crippen molar-refractivity contribution in [3.05, 3.63) is 70.9 Å². The summed E-state index contributed by atoms with van der Waals surface area (Å²) in [7, 11) is 0. The first-order valence-electron chi connectivity index (χ1n) is 9.66. The van der Waals surface area contributed by atoms with Gasteiger partial charge in [-0.15, -0.1) is 0 Å². The predicted molar refractivity (Wildman–Crippen MR) is 116 cm³/mol. The Morgan fingerprint density at radius 1 is 0.929 bits per heavy atom. The maximum atomic E-state index is 4.62. The molecular formula is C24H23N3Se. The molecule has 28 heavy (non-hydrogen) atoms. The summed E-state index contributed by atoms with van der Waals surface area (Å²) in [5.74, 6) is 0. The molecule has 0 atom stereocenters. The van der Waals surface area contributed by atoms with E-state index in [-0.39, 0.29) is 19.9 Å². The van der Waals surface area contributed by atoms with E-state index in [4.69, 9.17) is 0 Å². The Bertz CT molecular complexity index is 1170. The van der Waals surface area contributed by atoms with Crippen LogP contribution in [0.5, 0.6) is 0 Å². The molecule has 3 nitrogen and oxygen atoms in total. The second-order valence-corrected chi connectivity index (χ2v) is 10.6. The van der Waals surface area contributed by atoms with Crippen molar-refractivity contribution in [2.24, 2.45) is 0 Å². The Morgan fingerprint density at radius 2 is 1.64 bits per heavy atom. The second-order valence-electron chi connectivity index (χ2n) is 8.55. The van der Waals surface area contributed by atoms with Gasteiger partial charge in [0.1, 0.15) is 0 Å². The van der Waals surface area contributed by atoms with E-state index in [2.05, 4.69) is 91.4 Å². The number of hydrogen-bond acceptors (Lipinski definition) is 2. The van der Waals surface area contributed by atoms with Crippen LogP contribution in [0.15, 0.2) is 48.5 Å². The quantitative estimate of drug-likeness (QED) is 0.381. The number of aromatic nitrogens is 3. The monoisotopic (exact) mass is 433 g/mol. The van der Waals surface area contributed by atoms with Crippen molar-refractivity contribution in [3.63, 3.8) is 0 Å². The molecule has 0 fully saturated rings. The fourth-order valence-corrected chi connectivity index (χ4v) is 6.09. The Kier molecular flexibility index (Phi) is 3.97. The molecule has 1 aliphatic rings. The molecule has 0 saturated heterocycles. The molecule has 140 valence electrons. The van der Waals surface area contributed by atoms with E-state index in [0.29, 0.717) is 0 Å². The van der Waals surface area contributed by atoms with Gasteiger partial charge in [-0.1, -0.05) is 0 Å². The van der Waals surface area contributed by atoms with E-state index >= 15 is 0 Å². The van der Waals surface area contributed by atoms with Crippen LogP contribution in [0.3, 0.4) is 0 Å². The molecule has 0 bridgehead atoms. The Labute approximate surface area is 171 Å². The molecule has 0 spiro atoms. The van der Waals surface area contributed by atoms with E-state index in [0.717, 1.165) is 15.6 Å². The third-order valence-corrected chi connectivity index (χ3v) is 7.66. The van der Waals surface area contributed by atoms with Gasteiger partial charge in [-0.25, -0.2) is 0 Å². The number of rotatable bonds is 2. The molecule has 1 aliphatic carbocycles. The van der Waals surface area contributed by atoms with Gasteiger partial charge in [0.25, 0.3) is 0 Å². The first kappa shape index (κ1) is 17.7. The van der Waals surface area contributed by atoms with Gasteiger partial charge in [-0.3, -0.25) is 0 Å². The summed E-state index contributed by atoms with van der Waals surface area (Å²) in [4.78, 5) is 3.62. The van der Waals surface area contributed by atoms with E-state index in [1.165, 1.54) is 44.8 Å². The van der Waals surface area contributed by atoms with Crippen molar-refractivity contribution >= 4 is 14.5 Å². The normalized spacial score (nSPS) is 12.9. The summed E-state index contributed by atoms with van der Waals surface area (Å²) in [5.41, 5.74) is 10.6. The van der Waals surface area contributed by atoms with Crippen LogP contribution >= 0.6 is 0 Å². The van der Waals surface area contributed by atoms with Crippen LogP contribution in [0.2, 0.25) is 0 Å². The fraction of sp³-hybridized carbons (Fsp3) is 0.250. The van der Waals surface area contributed by atoms with Crippen LogP contribution in [0.25, 0.3) is 31.5 Å². The van der Waals surface area contributed by atoms with E-state index in [9.17, 15) is 0 Å². The number of nitrogens with one attached hydrogen (secondary N) is 1. The van der Waals surface area contributed by atoms with E-state index < -0.39 is 0 Å². The third-order valence-electron chi connectivity index (χ3n) is 5.58. The Hall–Kier alpha value is -2.42. The number of aromatic amines is 1. The molecular weight excluding hydrogens is 409 g/mol. The molecule has 1 N–H and O–H groups in total. The minimum absolute atomic E-state index is 0.124. The first-order valence-corrected chi connectivity index (χ1v) is 11.4. The van der Waals surface area contributed by atoms with Gasteiger partial charge in [-0.2, -0.15) is 0 Å². The van der Waals surface area contributed by atoms with Crippen molar-refractivity contribution < 1.29 is 0 Å². The molecule has 0 amide bonds. The topological polar surface area (TPSA) is 41.6 Å². The zero-order chi connectivity index (χ0) is 19.5. The van der Waals surface area contributed by atoms with Gasteiger partial charge in [0, 0.05) is 0 Å². The SMILES string of the molecule is Cc1[nH]c2c(c1-c1nnc(-c3ccc(C(C)(C)C)cc3)[se]1)Cc1ccccc1-2. The summed E-state index contributed by atoms with van der Waals surface area (Å²) in [6.45, 7) is 8.89. The van der Waals surface area contributed by atoms with Gasteiger partial charge in [-0.05, 0) is 0 Å². The van der Waals surface area contributed by atoms with Gasteiger partial charge in [0.05, 0.1) is 0 Å². The molecule has 2 aromatic heterocycles. The van der Waals surface area contributed by atoms with Crippen LogP contribution in [-0.2, 0) is 11.8 Å². The van der Waals surface area contributed by atoms with Gasteiger partial charge < -0.3 is 0 Å². The molecule has 5 rings (SSSR count). The number of H-pyrrole nitrogens is 1. The number of benzene rings is 2. The number of aryl methyl sites for hydroxylation is 1. The molecule has 4 aromatic rings. The number of hydrogen-bond donors (Lipinski definition) is 1. The van der Waals surface area contributed by atoms with Gasteiger partial charge in [0.15, 0.2) is 0 Å². The zero-order valence-corrected chi connectivity index (χ0v) is 18.3. The van der Waals surface area contributed by atoms with Crippen molar-refractivity contribution in [2.45, 2.75) is 39.5 Å². The van der Waals surface area contributed by atoms with Crippen molar-refractivity contribution in [3.8, 4) is 31.5 Å². The molecule has 0 radical (unpaired) electrons. The Morgan fingerprint density at radius 3 is 2.39 bits per heavy atom. The molecule has 0 aliphatic heterocycles. The molecule has 4 heteroatoms. The summed E-state index contributed by atoms with van der Waals surface area (Å²) >= 11 is 0.124. The van der Waals surface area contributed by atoms with Crippen molar-refractivity contribution in [1.29, 1.82) is 0 Å². The van der Waals surface area contributed by atoms with Crippen LogP contribution < -0.4 is 0 Å². The predicted octanol–water partition coefficient (Wildman–Crippen LogP) is 5.37. The van der Waals surface area contributed by atoms with Gasteiger partial charge in [0.2, 0.25) is 0 Å². The number of fused-ring (bicyclic) bond motifs is 3. The van der Waals surface area contributed by atoms with Crippen molar-refractivity contribution in [1.82, 2.24) is 15.2 Å². The summed E-state index contributed by atoms with van der Waals surface area (Å²) in [5, 5.41) is 9.19. The van der Waals surface area contributed by atoms with E-state index in [1.807, 2.05) is 0 Å². The molecule has 0 unspecified atom stereocenters. The Balaban J connectivity index is 1.52. The van der Waals surface area contributed by atoms with Crippen LogP contribution in [0.1, 0.15) is 43.2 Å². The zero-order valence-electron chi connectivity index (χ0n) is 16.6. The van der Waals surface area contributed by atoms with Crippen molar-refractivity contribution in [2.75, 3.05) is 0 Å². The summed E-state index contributed by atoms with van der Waals surface area (Å²) in [6.07, 6.45) is 0.982. The maximum absolute atomic E-state index is 4.62. The van der Waals surface area contributed by atoms with Crippen LogP contribution in [-0.4, -0.2) is 29.7 Å². The summed E-state index contributed by atoms with van der Waals surface area (Å²) < 4.78 is 2.26. The molecule has 2 heterocycles. The van der Waals surface area contributed by atoms with Gasteiger partial charge >= 0.3 is 172 Å². The average Bonchev–Trinajstić information content (AvgIpc) is 3.35. The molecule has 0 saturated carbocycles. The average molecular weight is 432 g/mol. The van der Waals surface area contributed by atoms with E-state index in [1.54, 1.807) is 0 Å². The van der Waals surface area contributed by atoms with Crippen LogP contribution in [0.4, 0.5) is 0 Å².